The first-order valence-electron chi connectivity index (χ1n) is 9.45. The van der Waals surface area contributed by atoms with Crippen molar-refractivity contribution in [1.82, 2.24) is 9.97 Å². The zero-order chi connectivity index (χ0) is 19.8. The van der Waals surface area contributed by atoms with Crippen LogP contribution in [0.25, 0.3) is 11.3 Å². The van der Waals surface area contributed by atoms with Gasteiger partial charge in [0.15, 0.2) is 5.78 Å². The molecule has 1 unspecified atom stereocenters. The SMILES string of the molecule is CC(C)C1CC(=O)c2c([nH]c(-c3ccnc(N)c3)c2Nc2cccc(F)c2)C1. The van der Waals surface area contributed by atoms with Gasteiger partial charge in [-0.2, -0.15) is 0 Å². The first-order valence-corrected chi connectivity index (χ1v) is 9.45. The number of nitrogens with two attached hydrogens (primary N) is 1. The third-order valence-electron chi connectivity index (χ3n) is 5.38. The quantitative estimate of drug-likeness (QED) is 0.600. The van der Waals surface area contributed by atoms with Gasteiger partial charge in [-0.15, -0.1) is 0 Å². The smallest absolute Gasteiger partial charge is 0.167 e. The number of hydrogen-bond acceptors (Lipinski definition) is 4. The van der Waals surface area contributed by atoms with Gasteiger partial charge in [0.05, 0.1) is 16.9 Å². The van der Waals surface area contributed by atoms with Crippen molar-refractivity contribution in [3.05, 3.63) is 59.7 Å². The third kappa shape index (κ3) is 3.38. The predicted octanol–water partition coefficient (Wildman–Crippen LogP) is 4.94. The van der Waals surface area contributed by atoms with Gasteiger partial charge in [-0.1, -0.05) is 19.9 Å². The van der Waals surface area contributed by atoms with Crippen molar-refractivity contribution in [3.8, 4) is 11.3 Å². The van der Waals surface area contributed by atoms with E-state index in [9.17, 15) is 9.18 Å². The Kier molecular flexibility index (Phi) is 4.63. The van der Waals surface area contributed by atoms with Crippen LogP contribution in [0.15, 0.2) is 42.6 Å². The summed E-state index contributed by atoms with van der Waals surface area (Å²) in [4.78, 5) is 20.5. The fourth-order valence-electron chi connectivity index (χ4n) is 3.81. The van der Waals surface area contributed by atoms with Gasteiger partial charge in [-0.25, -0.2) is 9.37 Å². The molecular formula is C22H23FN4O. The second-order valence-electron chi connectivity index (χ2n) is 7.67. The molecule has 0 saturated heterocycles. The van der Waals surface area contributed by atoms with Gasteiger partial charge in [0, 0.05) is 29.6 Å². The van der Waals surface area contributed by atoms with E-state index in [1.54, 1.807) is 24.4 Å². The zero-order valence-corrected chi connectivity index (χ0v) is 15.9. The van der Waals surface area contributed by atoms with Crippen molar-refractivity contribution >= 4 is 23.0 Å². The summed E-state index contributed by atoms with van der Waals surface area (Å²) < 4.78 is 13.7. The average molecular weight is 378 g/mol. The molecule has 28 heavy (non-hydrogen) atoms. The van der Waals surface area contributed by atoms with Crippen LogP contribution in [-0.2, 0) is 6.42 Å². The minimum absolute atomic E-state index is 0.100. The molecule has 4 N–H and O–H groups in total. The molecule has 5 nitrogen and oxygen atoms in total. The number of carbonyl (C=O) groups excluding carboxylic acids is 1. The second kappa shape index (κ2) is 7.11. The number of benzene rings is 1. The number of hydrogen-bond donors (Lipinski definition) is 3. The minimum Gasteiger partial charge on any atom is -0.384 e. The van der Waals surface area contributed by atoms with Gasteiger partial charge >= 0.3 is 0 Å². The van der Waals surface area contributed by atoms with Crippen LogP contribution in [0.2, 0.25) is 0 Å². The highest BCUT2D eigenvalue weighted by atomic mass is 19.1. The van der Waals surface area contributed by atoms with Gasteiger partial charge in [-0.05, 0) is 48.6 Å². The summed E-state index contributed by atoms with van der Waals surface area (Å²) >= 11 is 0. The van der Waals surface area contributed by atoms with Gasteiger partial charge in [0.2, 0.25) is 0 Å². The summed E-state index contributed by atoms with van der Waals surface area (Å²) in [7, 11) is 0. The van der Waals surface area contributed by atoms with Crippen molar-refractivity contribution < 1.29 is 9.18 Å². The van der Waals surface area contributed by atoms with E-state index in [-0.39, 0.29) is 11.6 Å². The van der Waals surface area contributed by atoms with E-state index >= 15 is 0 Å². The molecule has 3 aromatic rings. The van der Waals surface area contributed by atoms with Crippen LogP contribution in [0.1, 0.15) is 36.3 Å². The Morgan fingerprint density at radius 2 is 2.07 bits per heavy atom. The molecule has 0 aliphatic heterocycles. The molecular weight excluding hydrogens is 355 g/mol. The number of nitrogen functional groups attached to an aromatic ring is 1. The van der Waals surface area contributed by atoms with E-state index in [2.05, 4.69) is 29.1 Å². The highest BCUT2D eigenvalue weighted by molar-refractivity contribution is 6.07. The summed E-state index contributed by atoms with van der Waals surface area (Å²) in [5, 5.41) is 3.26. The Morgan fingerprint density at radius 3 is 2.79 bits per heavy atom. The van der Waals surface area contributed by atoms with Crippen LogP contribution in [-0.4, -0.2) is 15.8 Å². The lowest BCUT2D eigenvalue weighted by Crippen LogP contribution is -2.23. The lowest BCUT2D eigenvalue weighted by molar-refractivity contribution is 0.0934. The molecule has 6 heteroatoms. The molecule has 1 aromatic carbocycles. The lowest BCUT2D eigenvalue weighted by atomic mass is 9.80. The Morgan fingerprint density at radius 1 is 1.25 bits per heavy atom. The number of carbonyl (C=O) groups is 1. The van der Waals surface area contributed by atoms with Gasteiger partial charge in [0.1, 0.15) is 11.6 Å². The van der Waals surface area contributed by atoms with E-state index in [1.165, 1.54) is 12.1 Å². The Hall–Kier alpha value is -3.15. The van der Waals surface area contributed by atoms with E-state index in [0.717, 1.165) is 23.4 Å². The first kappa shape index (κ1) is 18.2. The van der Waals surface area contributed by atoms with Crippen molar-refractivity contribution in [1.29, 1.82) is 0 Å². The van der Waals surface area contributed by atoms with E-state index < -0.39 is 0 Å². The number of pyridine rings is 1. The van der Waals surface area contributed by atoms with Crippen molar-refractivity contribution in [3.63, 3.8) is 0 Å². The highest BCUT2D eigenvalue weighted by Gasteiger charge is 2.33. The van der Waals surface area contributed by atoms with Crippen molar-refractivity contribution in [2.45, 2.75) is 26.7 Å². The molecule has 0 radical (unpaired) electrons. The molecule has 0 fully saturated rings. The van der Waals surface area contributed by atoms with Crippen LogP contribution in [0.3, 0.4) is 0 Å². The van der Waals surface area contributed by atoms with Crippen molar-refractivity contribution in [2.75, 3.05) is 11.1 Å². The molecule has 0 spiro atoms. The number of rotatable bonds is 4. The van der Waals surface area contributed by atoms with Crippen LogP contribution in [0, 0.1) is 17.7 Å². The number of H-pyrrole nitrogens is 1. The molecule has 2 heterocycles. The number of fused-ring (bicyclic) bond motifs is 1. The van der Waals surface area contributed by atoms with Gasteiger partial charge < -0.3 is 16.0 Å². The molecule has 4 rings (SSSR count). The fourth-order valence-corrected chi connectivity index (χ4v) is 3.81. The van der Waals surface area contributed by atoms with Crippen LogP contribution < -0.4 is 11.1 Å². The first-order chi connectivity index (χ1) is 13.4. The monoisotopic (exact) mass is 378 g/mol. The van der Waals surface area contributed by atoms with Crippen LogP contribution in [0.5, 0.6) is 0 Å². The molecule has 144 valence electrons. The topological polar surface area (TPSA) is 83.8 Å². The molecule has 0 bridgehead atoms. The predicted molar refractivity (Wildman–Crippen MR) is 109 cm³/mol. The van der Waals surface area contributed by atoms with Crippen LogP contribution in [0.4, 0.5) is 21.6 Å². The summed E-state index contributed by atoms with van der Waals surface area (Å²) in [6.45, 7) is 4.28. The van der Waals surface area contributed by atoms with E-state index in [4.69, 9.17) is 5.73 Å². The third-order valence-corrected chi connectivity index (χ3v) is 5.38. The number of nitrogens with one attached hydrogen (secondary N) is 2. The number of Topliss-reactive ketones (excluding diaryl/α,β-unsaturated/α-hetero) is 1. The Bertz CT molecular complexity index is 1040. The lowest BCUT2D eigenvalue weighted by Gasteiger charge is -2.25. The number of aromatic nitrogens is 2. The summed E-state index contributed by atoms with van der Waals surface area (Å²) in [5.74, 6) is 0.878. The van der Waals surface area contributed by atoms with Crippen LogP contribution >= 0.6 is 0 Å². The number of ketones is 1. The summed E-state index contributed by atoms with van der Waals surface area (Å²) in [5.41, 5.74) is 10.3. The standard InChI is InChI=1S/C22H23FN4O/c1-12(2)14-8-17-20(18(28)9-14)22(26-16-5-3-4-15(23)11-16)21(27-17)13-6-7-25-19(24)10-13/h3-7,10-12,14,26-27H,8-9H2,1-2H3,(H2,24,25). The fraction of sp³-hybridized carbons (Fsp3) is 0.273. The van der Waals surface area contributed by atoms with Crippen molar-refractivity contribution in [2.24, 2.45) is 11.8 Å². The van der Waals surface area contributed by atoms with Gasteiger partial charge in [0.25, 0.3) is 0 Å². The zero-order valence-electron chi connectivity index (χ0n) is 15.9. The Labute approximate surface area is 163 Å². The molecule has 2 aromatic heterocycles. The largest absolute Gasteiger partial charge is 0.384 e. The van der Waals surface area contributed by atoms with E-state index in [1.807, 2.05) is 6.07 Å². The summed E-state index contributed by atoms with van der Waals surface area (Å²) in [6.07, 6.45) is 2.95. The molecule has 1 aliphatic carbocycles. The van der Waals surface area contributed by atoms with E-state index in [0.29, 0.717) is 41.0 Å². The Balaban J connectivity index is 1.86. The minimum atomic E-state index is -0.338. The second-order valence-corrected chi connectivity index (χ2v) is 7.67. The van der Waals surface area contributed by atoms with Gasteiger partial charge in [-0.3, -0.25) is 4.79 Å². The number of nitrogens with zero attached hydrogens (tertiary/aromatic N) is 1. The highest BCUT2D eigenvalue weighted by Crippen LogP contribution is 2.41. The number of aromatic amines is 1. The maximum absolute atomic E-state index is 13.7. The maximum atomic E-state index is 13.7. The maximum Gasteiger partial charge on any atom is 0.167 e. The normalized spacial score (nSPS) is 16.3. The number of halogens is 1. The molecule has 1 aliphatic rings. The number of anilines is 3. The molecule has 0 saturated carbocycles. The average Bonchev–Trinajstić information content (AvgIpc) is 3.00. The molecule has 0 amide bonds. The summed E-state index contributed by atoms with van der Waals surface area (Å²) in [6, 6.07) is 9.82. The molecule has 1 atom stereocenters.